The molecule has 0 bridgehead atoms. The maximum Gasteiger partial charge on any atom is 0.282 e. The summed E-state index contributed by atoms with van der Waals surface area (Å²) in [5.74, 6) is 0.781. The minimum absolute atomic E-state index is 0.104. The van der Waals surface area contributed by atoms with E-state index in [0.717, 1.165) is 33.5 Å². The second-order valence-electron chi connectivity index (χ2n) is 8.25. The quantitative estimate of drug-likeness (QED) is 0.309. The maximum atomic E-state index is 13.3. The van der Waals surface area contributed by atoms with E-state index in [4.69, 9.17) is 4.98 Å². The van der Waals surface area contributed by atoms with Crippen molar-refractivity contribution in [3.8, 4) is 5.69 Å². The minimum atomic E-state index is -0.157. The van der Waals surface area contributed by atoms with Gasteiger partial charge < -0.3 is 4.57 Å². The number of aromatic nitrogens is 3. The predicted molar refractivity (Wildman–Crippen MR) is 135 cm³/mol. The monoisotopic (exact) mass is 490 g/mol. The fourth-order valence-corrected chi connectivity index (χ4v) is 4.36. The summed E-state index contributed by atoms with van der Waals surface area (Å²) in [6, 6.07) is 16.0. The van der Waals surface area contributed by atoms with Crippen LogP contribution in [0.4, 0.5) is 0 Å². The summed E-state index contributed by atoms with van der Waals surface area (Å²) in [6.45, 7) is 10.4. The Morgan fingerprint density at radius 2 is 1.88 bits per heavy atom. The van der Waals surface area contributed by atoms with Crippen LogP contribution in [0.3, 0.4) is 0 Å². The molecule has 164 valence electrons. The van der Waals surface area contributed by atoms with E-state index < -0.39 is 0 Å². The normalized spacial score (nSPS) is 12.7. The molecule has 0 amide bonds. The van der Waals surface area contributed by atoms with Crippen LogP contribution in [0.5, 0.6) is 0 Å². The van der Waals surface area contributed by atoms with Crippen molar-refractivity contribution in [3.63, 3.8) is 0 Å². The maximum absolute atomic E-state index is 13.3. The Balaban J connectivity index is 1.86. The van der Waals surface area contributed by atoms with Crippen molar-refractivity contribution < 1.29 is 0 Å². The summed E-state index contributed by atoms with van der Waals surface area (Å²) < 4.78 is 4.53. The molecule has 0 aliphatic rings. The molecule has 0 aliphatic carbocycles. The van der Waals surface area contributed by atoms with Gasteiger partial charge in [-0.2, -0.15) is 9.78 Å². The van der Waals surface area contributed by atoms with Gasteiger partial charge in [-0.15, -0.1) is 0 Å². The molecule has 2 aromatic carbocycles. The summed E-state index contributed by atoms with van der Waals surface area (Å²) >= 11 is 3.46. The number of para-hydroxylation sites is 1. The molecule has 0 saturated carbocycles. The topological polar surface area (TPSA) is 52.2 Å². The van der Waals surface area contributed by atoms with Crippen LogP contribution in [0.15, 0.2) is 62.9 Å². The van der Waals surface area contributed by atoms with Crippen LogP contribution < -0.4 is 5.56 Å². The van der Waals surface area contributed by atoms with Gasteiger partial charge in [0.2, 0.25) is 0 Å². The summed E-state index contributed by atoms with van der Waals surface area (Å²) in [5, 5.41) is 5.19. The summed E-state index contributed by atoms with van der Waals surface area (Å²) in [7, 11) is 0. The van der Waals surface area contributed by atoms with Crippen LogP contribution in [0.25, 0.3) is 16.6 Å². The van der Waals surface area contributed by atoms with Crippen molar-refractivity contribution in [1.82, 2.24) is 14.2 Å². The van der Waals surface area contributed by atoms with Crippen molar-refractivity contribution >= 4 is 33.0 Å². The number of benzene rings is 2. The van der Waals surface area contributed by atoms with Crippen molar-refractivity contribution in [2.45, 2.75) is 47.0 Å². The fourth-order valence-electron chi connectivity index (χ4n) is 4.00. The van der Waals surface area contributed by atoms with Crippen LogP contribution in [-0.4, -0.2) is 20.4 Å². The van der Waals surface area contributed by atoms with Crippen molar-refractivity contribution in [1.29, 1.82) is 0 Å². The molecular weight excluding hydrogens is 464 g/mol. The third-order valence-electron chi connectivity index (χ3n) is 6.03. The van der Waals surface area contributed by atoms with E-state index in [1.807, 2.05) is 24.3 Å². The Hall–Kier alpha value is -2.99. The van der Waals surface area contributed by atoms with Gasteiger partial charge in [0.15, 0.2) is 0 Å². The molecule has 4 aromatic rings. The van der Waals surface area contributed by atoms with Gasteiger partial charge in [0.1, 0.15) is 5.82 Å². The summed E-state index contributed by atoms with van der Waals surface area (Å²) in [6.07, 6.45) is 2.64. The molecule has 0 radical (unpaired) electrons. The van der Waals surface area contributed by atoms with Crippen molar-refractivity contribution in [3.05, 3.63) is 91.7 Å². The van der Waals surface area contributed by atoms with E-state index in [-0.39, 0.29) is 11.5 Å². The molecule has 0 N–H and O–H groups in total. The number of halogens is 1. The third kappa shape index (κ3) is 3.95. The zero-order valence-electron chi connectivity index (χ0n) is 19.1. The lowest BCUT2D eigenvalue weighted by molar-refractivity contribution is 0.613. The van der Waals surface area contributed by atoms with Gasteiger partial charge in [0.05, 0.1) is 17.1 Å². The van der Waals surface area contributed by atoms with Gasteiger partial charge in [-0.05, 0) is 63.1 Å². The molecular formula is C26H27BrN4O. The van der Waals surface area contributed by atoms with Gasteiger partial charge in [-0.1, -0.05) is 48.0 Å². The summed E-state index contributed by atoms with van der Waals surface area (Å²) in [5.41, 5.74) is 6.06. The van der Waals surface area contributed by atoms with Crippen LogP contribution in [0, 0.1) is 20.8 Å². The molecule has 2 heterocycles. The molecule has 32 heavy (non-hydrogen) atoms. The Morgan fingerprint density at radius 3 is 2.59 bits per heavy atom. The first-order valence-electron chi connectivity index (χ1n) is 10.8. The molecule has 2 aromatic heterocycles. The third-order valence-corrected chi connectivity index (χ3v) is 6.52. The SMILES string of the molecule is CC[C@H](C)c1nc2ccc(Br)cc2c(=O)n1N=Cc1cc(C)n(-c2ccccc2C)c1C. The molecule has 4 rings (SSSR count). The van der Waals surface area contributed by atoms with E-state index in [9.17, 15) is 4.79 Å². The average Bonchev–Trinajstić information content (AvgIpc) is 3.06. The number of hydrogen-bond acceptors (Lipinski definition) is 3. The zero-order chi connectivity index (χ0) is 23.0. The largest absolute Gasteiger partial charge is 0.318 e. The van der Waals surface area contributed by atoms with Gasteiger partial charge >= 0.3 is 0 Å². The molecule has 0 aliphatic heterocycles. The highest BCUT2D eigenvalue weighted by molar-refractivity contribution is 9.10. The highest BCUT2D eigenvalue weighted by Crippen LogP contribution is 2.23. The molecule has 0 unspecified atom stereocenters. The number of aryl methyl sites for hydroxylation is 2. The van der Waals surface area contributed by atoms with Crippen molar-refractivity contribution in [2.75, 3.05) is 0 Å². The molecule has 0 spiro atoms. The average molecular weight is 491 g/mol. The predicted octanol–water partition coefficient (Wildman–Crippen LogP) is 6.27. The Morgan fingerprint density at radius 1 is 1.12 bits per heavy atom. The lowest BCUT2D eigenvalue weighted by Crippen LogP contribution is -2.23. The first kappa shape index (κ1) is 22.2. The van der Waals surface area contributed by atoms with Gasteiger partial charge in [0.25, 0.3) is 5.56 Å². The number of nitrogens with zero attached hydrogens (tertiary/aromatic N) is 4. The van der Waals surface area contributed by atoms with Crippen LogP contribution in [-0.2, 0) is 0 Å². The second-order valence-corrected chi connectivity index (χ2v) is 9.17. The standard InChI is InChI=1S/C26H27BrN4O/c1-6-16(2)25-29-23-12-11-21(27)14-22(23)26(32)31(25)28-15-20-13-18(4)30(19(20)5)24-10-8-7-9-17(24)3/h7-16H,6H2,1-5H3/t16-/m0/s1. The Labute approximate surface area is 196 Å². The molecule has 1 atom stereocenters. The van der Waals surface area contributed by atoms with Gasteiger partial charge in [-0.3, -0.25) is 4.79 Å². The molecule has 0 fully saturated rings. The second kappa shape index (κ2) is 8.87. The molecule has 0 saturated heterocycles. The Kier molecular flexibility index (Phi) is 6.15. The summed E-state index contributed by atoms with van der Waals surface area (Å²) in [4.78, 5) is 18.1. The Bertz CT molecular complexity index is 1400. The van der Waals surface area contributed by atoms with Crippen molar-refractivity contribution in [2.24, 2.45) is 5.10 Å². The lowest BCUT2D eigenvalue weighted by Gasteiger charge is -2.14. The van der Waals surface area contributed by atoms with E-state index in [0.29, 0.717) is 16.7 Å². The van der Waals surface area contributed by atoms with Crippen LogP contribution >= 0.6 is 15.9 Å². The number of hydrogen-bond donors (Lipinski definition) is 0. The van der Waals surface area contributed by atoms with Crippen LogP contribution in [0.2, 0.25) is 0 Å². The number of rotatable bonds is 5. The van der Waals surface area contributed by atoms with E-state index in [2.05, 4.69) is 78.4 Å². The fraction of sp³-hybridized carbons (Fsp3) is 0.269. The van der Waals surface area contributed by atoms with Gasteiger partial charge in [-0.25, -0.2) is 4.98 Å². The molecule has 5 nitrogen and oxygen atoms in total. The highest BCUT2D eigenvalue weighted by atomic mass is 79.9. The van der Waals surface area contributed by atoms with E-state index in [1.54, 1.807) is 12.3 Å². The highest BCUT2D eigenvalue weighted by Gasteiger charge is 2.16. The number of fused-ring (bicyclic) bond motifs is 1. The first-order valence-corrected chi connectivity index (χ1v) is 11.6. The smallest absolute Gasteiger partial charge is 0.282 e. The minimum Gasteiger partial charge on any atom is -0.318 e. The van der Waals surface area contributed by atoms with Gasteiger partial charge in [0, 0.05) is 33.0 Å². The first-order chi connectivity index (χ1) is 15.3. The molecule has 6 heteroatoms. The van der Waals surface area contributed by atoms with E-state index >= 15 is 0 Å². The van der Waals surface area contributed by atoms with E-state index in [1.165, 1.54) is 10.2 Å². The zero-order valence-corrected chi connectivity index (χ0v) is 20.6. The lowest BCUT2D eigenvalue weighted by atomic mass is 10.1. The van der Waals surface area contributed by atoms with Crippen LogP contribution in [0.1, 0.15) is 54.5 Å².